The summed E-state index contributed by atoms with van der Waals surface area (Å²) in [6.45, 7) is 5.40. The number of likely N-dealkylation sites (tertiary alicyclic amines) is 1. The van der Waals surface area contributed by atoms with Gasteiger partial charge < -0.3 is 9.84 Å². The number of carbonyl (C=O) groups is 2. The van der Waals surface area contributed by atoms with Gasteiger partial charge in [-0.2, -0.15) is 0 Å². The number of nitrogens with zero attached hydrogens (tertiary/aromatic N) is 2. The summed E-state index contributed by atoms with van der Waals surface area (Å²) < 4.78 is 5.29. The molecular weight excluding hydrogens is 328 g/mol. The largest absolute Gasteiger partial charge is 0.480 e. The molecule has 0 spiro atoms. The maximum atomic E-state index is 12.3. The Kier molecular flexibility index (Phi) is 5.30. The van der Waals surface area contributed by atoms with Crippen molar-refractivity contribution in [3.8, 4) is 0 Å². The van der Waals surface area contributed by atoms with Crippen LogP contribution in [0.5, 0.6) is 0 Å². The molecule has 2 rings (SSSR count). The van der Waals surface area contributed by atoms with E-state index < -0.39 is 28.6 Å². The number of carbonyl (C=O) groups excluding carboxylic acids is 1. The molecule has 1 heterocycles. The molecule has 1 aromatic carbocycles. The van der Waals surface area contributed by atoms with E-state index in [1.807, 2.05) is 0 Å². The van der Waals surface area contributed by atoms with Crippen LogP contribution < -0.4 is 0 Å². The average molecular weight is 350 g/mol. The van der Waals surface area contributed by atoms with Crippen LogP contribution >= 0.6 is 0 Å². The fraction of sp³-hybridized carbons (Fsp3) is 0.529. The second kappa shape index (κ2) is 7.08. The highest BCUT2D eigenvalue weighted by atomic mass is 16.6. The average Bonchev–Trinajstić information content (AvgIpc) is 2.90. The summed E-state index contributed by atoms with van der Waals surface area (Å²) >= 11 is 0. The molecule has 1 fully saturated rings. The predicted octanol–water partition coefficient (Wildman–Crippen LogP) is 2.85. The number of carboxylic acids is 1. The Bertz CT molecular complexity index is 682. The molecule has 25 heavy (non-hydrogen) atoms. The van der Waals surface area contributed by atoms with Gasteiger partial charge in [0.1, 0.15) is 11.6 Å². The predicted molar refractivity (Wildman–Crippen MR) is 89.3 cm³/mol. The molecular formula is C17H22N2O6. The number of amides is 1. The molecule has 1 amide bonds. The zero-order chi connectivity index (χ0) is 18.8. The smallest absolute Gasteiger partial charge is 0.411 e. The number of nitro groups is 1. The van der Waals surface area contributed by atoms with Gasteiger partial charge in [-0.1, -0.05) is 12.1 Å². The summed E-state index contributed by atoms with van der Waals surface area (Å²) in [4.78, 5) is 35.4. The van der Waals surface area contributed by atoms with E-state index in [4.69, 9.17) is 4.74 Å². The molecule has 0 bridgehead atoms. The minimum Gasteiger partial charge on any atom is -0.480 e. The number of carboxylic acid groups (broad SMARTS) is 1. The number of aliphatic carboxylic acids is 1. The Morgan fingerprint density at radius 2 is 2.08 bits per heavy atom. The minimum atomic E-state index is -1.08. The molecule has 8 nitrogen and oxygen atoms in total. The molecule has 1 aliphatic heterocycles. The van der Waals surface area contributed by atoms with Crippen molar-refractivity contribution in [3.05, 3.63) is 39.9 Å². The first-order chi connectivity index (χ1) is 11.6. The monoisotopic (exact) mass is 350 g/mol. The molecule has 8 heteroatoms. The Labute approximate surface area is 145 Å². The molecule has 1 aliphatic rings. The normalized spacial score (nSPS) is 20.4. The van der Waals surface area contributed by atoms with E-state index in [2.05, 4.69) is 0 Å². The lowest BCUT2D eigenvalue weighted by Crippen LogP contribution is -2.43. The lowest BCUT2D eigenvalue weighted by Gasteiger charge is -2.26. The van der Waals surface area contributed by atoms with Crippen LogP contribution in [0.3, 0.4) is 0 Å². The second-order valence-electron chi connectivity index (χ2n) is 7.22. The molecule has 2 atom stereocenters. The van der Waals surface area contributed by atoms with Gasteiger partial charge >= 0.3 is 12.1 Å². The minimum absolute atomic E-state index is 0.00530. The fourth-order valence-electron chi connectivity index (χ4n) is 2.96. The van der Waals surface area contributed by atoms with E-state index in [0.717, 1.165) is 5.56 Å². The third-order valence-electron chi connectivity index (χ3n) is 3.95. The van der Waals surface area contributed by atoms with Crippen molar-refractivity contribution in [2.24, 2.45) is 5.92 Å². The Morgan fingerprint density at radius 3 is 2.64 bits per heavy atom. The van der Waals surface area contributed by atoms with E-state index in [0.29, 0.717) is 6.42 Å². The highest BCUT2D eigenvalue weighted by molar-refractivity contribution is 5.81. The van der Waals surface area contributed by atoms with Gasteiger partial charge in [-0.15, -0.1) is 0 Å². The van der Waals surface area contributed by atoms with Crippen LogP contribution in [0.4, 0.5) is 10.5 Å². The third kappa shape index (κ3) is 4.91. The van der Waals surface area contributed by atoms with Gasteiger partial charge in [0.2, 0.25) is 0 Å². The molecule has 0 saturated carbocycles. The van der Waals surface area contributed by atoms with Crippen molar-refractivity contribution >= 4 is 17.7 Å². The number of hydrogen-bond donors (Lipinski definition) is 1. The summed E-state index contributed by atoms with van der Waals surface area (Å²) in [5.74, 6) is -1.18. The maximum Gasteiger partial charge on any atom is 0.411 e. The van der Waals surface area contributed by atoms with Crippen molar-refractivity contribution in [2.75, 3.05) is 6.54 Å². The quantitative estimate of drug-likeness (QED) is 0.660. The van der Waals surface area contributed by atoms with Crippen molar-refractivity contribution in [1.29, 1.82) is 0 Å². The zero-order valence-electron chi connectivity index (χ0n) is 14.5. The number of ether oxygens (including phenoxy) is 1. The topological polar surface area (TPSA) is 110 Å². The van der Waals surface area contributed by atoms with E-state index in [9.17, 15) is 24.8 Å². The standard InChI is InChI=1S/C17H22N2O6/c1-17(2,3)25-16(22)18-10-12(9-14(18)15(20)21)7-11-5-4-6-13(8-11)19(23)24/h4-6,8,12,14H,7,9-10H2,1-3H3,(H,20,21)/t12-,14+/m1/s1. The van der Waals surface area contributed by atoms with Gasteiger partial charge in [0.05, 0.1) is 4.92 Å². The zero-order valence-corrected chi connectivity index (χ0v) is 14.5. The number of nitro benzene ring substituents is 1. The van der Waals surface area contributed by atoms with Crippen molar-refractivity contribution < 1.29 is 24.4 Å². The van der Waals surface area contributed by atoms with Crippen LogP contribution in [0.2, 0.25) is 0 Å². The number of rotatable bonds is 4. The summed E-state index contributed by atoms with van der Waals surface area (Å²) in [6, 6.07) is 5.30. The molecule has 0 aliphatic carbocycles. The molecule has 1 N–H and O–H groups in total. The number of benzene rings is 1. The van der Waals surface area contributed by atoms with E-state index in [1.165, 1.54) is 17.0 Å². The van der Waals surface area contributed by atoms with Gasteiger partial charge in [-0.3, -0.25) is 15.0 Å². The van der Waals surface area contributed by atoms with Gasteiger partial charge in [-0.05, 0) is 45.1 Å². The summed E-state index contributed by atoms with van der Waals surface area (Å²) in [5.41, 5.74) is 0.0294. The molecule has 1 saturated heterocycles. The summed E-state index contributed by atoms with van der Waals surface area (Å²) in [5, 5.41) is 20.3. The fourth-order valence-corrected chi connectivity index (χ4v) is 2.96. The van der Waals surface area contributed by atoms with Crippen LogP contribution in [0, 0.1) is 16.0 Å². The number of hydrogen-bond acceptors (Lipinski definition) is 5. The first kappa shape index (κ1) is 18.7. The van der Waals surface area contributed by atoms with Crippen LogP contribution in [-0.4, -0.2) is 45.2 Å². The molecule has 136 valence electrons. The van der Waals surface area contributed by atoms with E-state index in [1.54, 1.807) is 32.9 Å². The first-order valence-electron chi connectivity index (χ1n) is 8.02. The van der Waals surface area contributed by atoms with Crippen molar-refractivity contribution in [1.82, 2.24) is 4.90 Å². The second-order valence-corrected chi connectivity index (χ2v) is 7.22. The van der Waals surface area contributed by atoms with Crippen LogP contribution in [0.25, 0.3) is 0 Å². The molecule has 0 unspecified atom stereocenters. The molecule has 0 radical (unpaired) electrons. The highest BCUT2D eigenvalue weighted by Gasteiger charge is 2.41. The molecule has 0 aromatic heterocycles. The lowest BCUT2D eigenvalue weighted by atomic mass is 9.96. The molecule has 1 aromatic rings. The third-order valence-corrected chi connectivity index (χ3v) is 3.95. The Balaban J connectivity index is 2.11. The highest BCUT2D eigenvalue weighted by Crippen LogP contribution is 2.29. The van der Waals surface area contributed by atoms with Crippen LogP contribution in [0.1, 0.15) is 32.8 Å². The first-order valence-corrected chi connectivity index (χ1v) is 8.02. The van der Waals surface area contributed by atoms with Crippen LogP contribution in [0.15, 0.2) is 24.3 Å². The SMILES string of the molecule is CC(C)(C)OC(=O)N1C[C@H](Cc2cccc([N+](=O)[O-])c2)C[C@H]1C(=O)O. The summed E-state index contributed by atoms with van der Waals surface area (Å²) in [6.07, 6.45) is 0.101. The van der Waals surface area contributed by atoms with Crippen molar-refractivity contribution in [3.63, 3.8) is 0 Å². The van der Waals surface area contributed by atoms with Gasteiger partial charge in [0.15, 0.2) is 0 Å². The maximum absolute atomic E-state index is 12.3. The van der Waals surface area contributed by atoms with Gasteiger partial charge in [0.25, 0.3) is 5.69 Å². The van der Waals surface area contributed by atoms with Crippen LogP contribution in [-0.2, 0) is 16.0 Å². The Morgan fingerprint density at radius 1 is 1.40 bits per heavy atom. The number of non-ortho nitro benzene ring substituents is 1. The van der Waals surface area contributed by atoms with Crippen molar-refractivity contribution in [2.45, 2.75) is 45.3 Å². The van der Waals surface area contributed by atoms with Gasteiger partial charge in [-0.25, -0.2) is 9.59 Å². The summed E-state index contributed by atoms with van der Waals surface area (Å²) in [7, 11) is 0. The van der Waals surface area contributed by atoms with E-state index in [-0.39, 0.29) is 24.6 Å². The lowest BCUT2D eigenvalue weighted by molar-refractivity contribution is -0.384. The van der Waals surface area contributed by atoms with E-state index >= 15 is 0 Å². The van der Waals surface area contributed by atoms with Gasteiger partial charge in [0, 0.05) is 18.7 Å². The Hall–Kier alpha value is -2.64.